The Bertz CT molecular complexity index is 826. The van der Waals surface area contributed by atoms with Gasteiger partial charge < -0.3 is 10.4 Å². The van der Waals surface area contributed by atoms with Crippen LogP contribution >= 0.6 is 11.3 Å². The highest BCUT2D eigenvalue weighted by molar-refractivity contribution is 7.15. The lowest BCUT2D eigenvalue weighted by atomic mass is 9.75. The van der Waals surface area contributed by atoms with Crippen molar-refractivity contribution in [1.82, 2.24) is 19.7 Å². The Morgan fingerprint density at radius 1 is 1.40 bits per heavy atom. The van der Waals surface area contributed by atoms with Crippen LogP contribution < -0.4 is 5.32 Å². The van der Waals surface area contributed by atoms with Gasteiger partial charge in [0, 0.05) is 36.2 Å². The van der Waals surface area contributed by atoms with E-state index in [0.29, 0.717) is 5.92 Å². The largest absolute Gasteiger partial charge is 0.393 e. The maximum absolute atomic E-state index is 12.5. The van der Waals surface area contributed by atoms with Gasteiger partial charge in [0.05, 0.1) is 18.2 Å². The summed E-state index contributed by atoms with van der Waals surface area (Å²) in [4.78, 5) is 21.9. The highest BCUT2D eigenvalue weighted by Gasteiger charge is 2.34. The summed E-state index contributed by atoms with van der Waals surface area (Å²) in [6, 6.07) is 3.97. The molecule has 1 fully saturated rings. The van der Waals surface area contributed by atoms with E-state index < -0.39 is 0 Å². The fraction of sp³-hybridized carbons (Fsp3) is 0.389. The molecule has 130 valence electrons. The Morgan fingerprint density at radius 2 is 2.20 bits per heavy atom. The third-order valence-corrected chi connectivity index (χ3v) is 5.53. The summed E-state index contributed by atoms with van der Waals surface area (Å²) >= 11 is 1.56. The number of aliphatic hydroxyl groups is 1. The molecule has 1 saturated carbocycles. The molecule has 6 nitrogen and oxygen atoms in total. The molecule has 0 bridgehead atoms. The maximum atomic E-state index is 12.5. The molecular formula is C18H20N4O2S. The van der Waals surface area contributed by atoms with Gasteiger partial charge in [-0.25, -0.2) is 4.98 Å². The van der Waals surface area contributed by atoms with Crippen LogP contribution in [0.25, 0.3) is 4.96 Å². The molecule has 25 heavy (non-hydrogen) atoms. The Balaban J connectivity index is 1.42. The van der Waals surface area contributed by atoms with Crippen molar-refractivity contribution < 1.29 is 9.90 Å². The van der Waals surface area contributed by atoms with E-state index in [0.717, 1.165) is 35.5 Å². The van der Waals surface area contributed by atoms with E-state index in [1.165, 1.54) is 0 Å². The van der Waals surface area contributed by atoms with Crippen LogP contribution in [0.5, 0.6) is 0 Å². The predicted octanol–water partition coefficient (Wildman–Crippen LogP) is 1.83. The third kappa shape index (κ3) is 3.72. The van der Waals surface area contributed by atoms with E-state index in [1.807, 2.05) is 34.3 Å². The van der Waals surface area contributed by atoms with E-state index in [4.69, 9.17) is 0 Å². The molecule has 0 radical (unpaired) electrons. The van der Waals surface area contributed by atoms with Gasteiger partial charge in [0.25, 0.3) is 0 Å². The number of aliphatic hydroxyl groups excluding tert-OH is 1. The van der Waals surface area contributed by atoms with Gasteiger partial charge in [-0.1, -0.05) is 0 Å². The first kappa shape index (κ1) is 16.2. The zero-order chi connectivity index (χ0) is 17.2. The molecule has 1 atom stereocenters. The first-order valence-electron chi connectivity index (χ1n) is 8.45. The van der Waals surface area contributed by atoms with Gasteiger partial charge in [-0.15, -0.1) is 11.3 Å². The highest BCUT2D eigenvalue weighted by atomic mass is 32.1. The van der Waals surface area contributed by atoms with Crippen molar-refractivity contribution in [1.29, 1.82) is 0 Å². The van der Waals surface area contributed by atoms with E-state index in [9.17, 15) is 9.90 Å². The molecule has 4 rings (SSSR count). The molecule has 0 saturated heterocycles. The molecule has 1 amide bonds. The summed E-state index contributed by atoms with van der Waals surface area (Å²) in [6.45, 7) is 0. The van der Waals surface area contributed by atoms with Crippen molar-refractivity contribution in [3.63, 3.8) is 0 Å². The van der Waals surface area contributed by atoms with Crippen LogP contribution in [0.3, 0.4) is 0 Å². The number of nitrogens with zero attached hydrogens (tertiary/aromatic N) is 3. The van der Waals surface area contributed by atoms with E-state index in [-0.39, 0.29) is 24.5 Å². The van der Waals surface area contributed by atoms with Crippen LogP contribution in [-0.4, -0.2) is 37.5 Å². The number of imidazole rings is 1. The summed E-state index contributed by atoms with van der Waals surface area (Å²) in [7, 11) is 0. The van der Waals surface area contributed by atoms with Crippen LogP contribution in [-0.2, 0) is 17.6 Å². The molecule has 3 heterocycles. The Hall–Kier alpha value is -2.25. The SMILES string of the molecule is O=C(Cc1cn2ccsc2n1)N[C@@H](Cc1ccncc1)C1CC(O)C1. The van der Waals surface area contributed by atoms with Crippen LogP contribution in [0, 0.1) is 5.92 Å². The third-order valence-electron chi connectivity index (χ3n) is 4.75. The number of carbonyl (C=O) groups is 1. The lowest BCUT2D eigenvalue weighted by Gasteiger charge is -2.38. The van der Waals surface area contributed by atoms with Crippen molar-refractivity contribution in [3.8, 4) is 0 Å². The number of rotatable bonds is 6. The fourth-order valence-corrected chi connectivity index (χ4v) is 4.07. The molecule has 7 heteroatoms. The van der Waals surface area contributed by atoms with E-state index >= 15 is 0 Å². The predicted molar refractivity (Wildman–Crippen MR) is 95.4 cm³/mol. The number of hydrogen-bond acceptors (Lipinski definition) is 5. The number of carbonyl (C=O) groups excluding carboxylic acids is 1. The monoisotopic (exact) mass is 356 g/mol. The van der Waals surface area contributed by atoms with Gasteiger partial charge in [-0.05, 0) is 42.9 Å². The van der Waals surface area contributed by atoms with E-state index in [1.54, 1.807) is 23.7 Å². The zero-order valence-electron chi connectivity index (χ0n) is 13.7. The van der Waals surface area contributed by atoms with Gasteiger partial charge in [0.2, 0.25) is 5.91 Å². The van der Waals surface area contributed by atoms with Crippen molar-refractivity contribution >= 4 is 22.2 Å². The minimum Gasteiger partial charge on any atom is -0.393 e. The normalized spacial score (nSPS) is 21.0. The quantitative estimate of drug-likeness (QED) is 0.706. The number of fused-ring (bicyclic) bond motifs is 1. The van der Waals surface area contributed by atoms with Crippen LogP contribution in [0.15, 0.2) is 42.3 Å². The van der Waals surface area contributed by atoms with Gasteiger partial charge in [0.1, 0.15) is 0 Å². The summed E-state index contributed by atoms with van der Waals surface area (Å²) in [6.07, 6.45) is 9.66. The highest BCUT2D eigenvalue weighted by Crippen LogP contribution is 2.31. The summed E-state index contributed by atoms with van der Waals surface area (Å²) < 4.78 is 1.93. The van der Waals surface area contributed by atoms with Gasteiger partial charge in [0.15, 0.2) is 4.96 Å². The van der Waals surface area contributed by atoms with Crippen LogP contribution in [0.4, 0.5) is 0 Å². The average Bonchev–Trinajstić information content (AvgIpc) is 3.13. The van der Waals surface area contributed by atoms with Crippen LogP contribution in [0.1, 0.15) is 24.1 Å². The molecular weight excluding hydrogens is 336 g/mol. The van der Waals surface area contributed by atoms with Crippen molar-refractivity contribution in [2.75, 3.05) is 0 Å². The Labute approximate surface area is 149 Å². The lowest BCUT2D eigenvalue weighted by molar-refractivity contribution is -0.122. The molecule has 0 aliphatic heterocycles. The second-order valence-electron chi connectivity index (χ2n) is 6.62. The Morgan fingerprint density at radius 3 is 2.92 bits per heavy atom. The van der Waals surface area contributed by atoms with Gasteiger partial charge >= 0.3 is 0 Å². The smallest absolute Gasteiger partial charge is 0.226 e. The topological polar surface area (TPSA) is 79.5 Å². The number of thiazole rings is 1. The summed E-state index contributed by atoms with van der Waals surface area (Å²) in [5, 5.41) is 14.8. The van der Waals surface area contributed by atoms with Crippen molar-refractivity contribution in [3.05, 3.63) is 53.6 Å². The number of aromatic nitrogens is 3. The molecule has 0 spiro atoms. The number of amides is 1. The average molecular weight is 356 g/mol. The molecule has 1 aliphatic carbocycles. The summed E-state index contributed by atoms with van der Waals surface area (Å²) in [5.41, 5.74) is 1.92. The number of hydrogen-bond donors (Lipinski definition) is 2. The van der Waals surface area contributed by atoms with Crippen LogP contribution in [0.2, 0.25) is 0 Å². The molecule has 1 aliphatic rings. The minimum atomic E-state index is -0.234. The molecule has 3 aromatic heterocycles. The van der Waals surface area contributed by atoms with Crippen molar-refractivity contribution in [2.45, 2.75) is 37.8 Å². The summed E-state index contributed by atoms with van der Waals surface area (Å²) in [5.74, 6) is 0.295. The van der Waals surface area contributed by atoms with E-state index in [2.05, 4.69) is 15.3 Å². The lowest BCUT2D eigenvalue weighted by Crippen LogP contribution is -2.48. The Kier molecular flexibility index (Phi) is 4.50. The van der Waals surface area contributed by atoms with Gasteiger partial charge in [-0.3, -0.25) is 14.2 Å². The number of pyridine rings is 1. The second-order valence-corrected chi connectivity index (χ2v) is 7.49. The minimum absolute atomic E-state index is 0.0220. The standard InChI is InChI=1S/C18H20N4O2S/c23-15-8-13(9-15)16(7-12-1-3-19-4-2-12)21-17(24)10-14-11-22-5-6-25-18(22)20-14/h1-6,11,13,15-16,23H,7-10H2,(H,21,24)/t13?,15?,16-/m0/s1. The number of nitrogens with one attached hydrogen (secondary N) is 1. The molecule has 2 N–H and O–H groups in total. The maximum Gasteiger partial charge on any atom is 0.226 e. The fourth-order valence-electron chi connectivity index (χ4n) is 3.35. The van der Waals surface area contributed by atoms with Gasteiger partial charge in [-0.2, -0.15) is 0 Å². The molecule has 0 aromatic carbocycles. The second kappa shape index (κ2) is 6.93. The van der Waals surface area contributed by atoms with Crippen molar-refractivity contribution in [2.24, 2.45) is 5.92 Å². The molecule has 3 aromatic rings. The molecule has 0 unspecified atom stereocenters. The first-order valence-corrected chi connectivity index (χ1v) is 9.33. The zero-order valence-corrected chi connectivity index (χ0v) is 14.5. The first-order chi connectivity index (χ1) is 12.2.